The monoisotopic (exact) mass is 387 g/mol. The Labute approximate surface area is 163 Å². The molecule has 0 atom stereocenters. The highest BCUT2D eigenvalue weighted by molar-refractivity contribution is 5.88. The van der Waals surface area contributed by atoms with E-state index in [1.807, 2.05) is 6.92 Å². The first-order valence-corrected chi connectivity index (χ1v) is 9.19. The molecule has 1 aliphatic carbocycles. The van der Waals surface area contributed by atoms with Crippen molar-refractivity contribution >= 4 is 23.2 Å². The number of methoxy groups -OCH3 is 1. The summed E-state index contributed by atoms with van der Waals surface area (Å²) in [7, 11) is 1.71. The van der Waals surface area contributed by atoms with E-state index in [1.54, 1.807) is 32.4 Å². The Morgan fingerprint density at radius 2 is 2.00 bits per heavy atom. The molecule has 28 heavy (non-hydrogen) atoms. The molecular formula is C19H25N5O4. The first-order chi connectivity index (χ1) is 13.5. The van der Waals surface area contributed by atoms with Gasteiger partial charge in [-0.25, -0.2) is 9.97 Å². The van der Waals surface area contributed by atoms with Crippen LogP contribution in [0, 0.1) is 6.92 Å². The van der Waals surface area contributed by atoms with E-state index in [2.05, 4.69) is 25.6 Å². The Morgan fingerprint density at radius 1 is 1.21 bits per heavy atom. The first kappa shape index (κ1) is 19.8. The number of pyridine rings is 1. The van der Waals surface area contributed by atoms with Gasteiger partial charge < -0.3 is 24.8 Å². The first-order valence-electron chi connectivity index (χ1n) is 9.19. The number of carbonyl (C=O) groups excluding carboxylic acids is 1. The molecule has 2 aromatic rings. The summed E-state index contributed by atoms with van der Waals surface area (Å²) in [6, 6.07) is 3.43. The second-order valence-corrected chi connectivity index (χ2v) is 6.51. The van der Waals surface area contributed by atoms with E-state index in [0.717, 1.165) is 12.8 Å². The highest BCUT2D eigenvalue weighted by Crippen LogP contribution is 2.31. The van der Waals surface area contributed by atoms with Gasteiger partial charge in [0.15, 0.2) is 5.75 Å². The van der Waals surface area contributed by atoms with E-state index in [1.165, 1.54) is 6.92 Å². The van der Waals surface area contributed by atoms with Gasteiger partial charge in [0.1, 0.15) is 23.6 Å². The molecule has 2 heterocycles. The number of aromatic nitrogens is 3. The second kappa shape index (κ2) is 8.83. The van der Waals surface area contributed by atoms with Gasteiger partial charge in [0.2, 0.25) is 11.8 Å². The molecule has 0 bridgehead atoms. The molecule has 150 valence electrons. The number of ether oxygens (including phenoxy) is 3. The van der Waals surface area contributed by atoms with Crippen LogP contribution in [0.15, 0.2) is 18.3 Å². The fourth-order valence-corrected chi connectivity index (χ4v) is 2.84. The summed E-state index contributed by atoms with van der Waals surface area (Å²) in [5.74, 6) is 2.41. The molecule has 2 aromatic heterocycles. The van der Waals surface area contributed by atoms with E-state index in [4.69, 9.17) is 14.2 Å². The Hall–Kier alpha value is -2.94. The number of anilines is 3. The van der Waals surface area contributed by atoms with Gasteiger partial charge in [0.25, 0.3) is 0 Å². The van der Waals surface area contributed by atoms with E-state index >= 15 is 0 Å². The smallest absolute Gasteiger partial charge is 0.222 e. The van der Waals surface area contributed by atoms with Gasteiger partial charge in [0, 0.05) is 39.0 Å². The van der Waals surface area contributed by atoms with Gasteiger partial charge in [-0.05, 0) is 13.8 Å². The zero-order chi connectivity index (χ0) is 20.1. The van der Waals surface area contributed by atoms with E-state index in [0.29, 0.717) is 41.4 Å². The molecule has 2 N–H and O–H groups in total. The molecule has 1 saturated carbocycles. The normalized spacial score (nSPS) is 18.1. The predicted molar refractivity (Wildman–Crippen MR) is 104 cm³/mol. The molecule has 3 rings (SSSR count). The van der Waals surface area contributed by atoms with Gasteiger partial charge in [-0.2, -0.15) is 4.98 Å². The van der Waals surface area contributed by atoms with Crippen molar-refractivity contribution in [1.29, 1.82) is 0 Å². The summed E-state index contributed by atoms with van der Waals surface area (Å²) in [5, 5.41) is 5.87. The van der Waals surface area contributed by atoms with Crippen LogP contribution in [-0.4, -0.2) is 46.8 Å². The molecule has 0 aromatic carbocycles. The number of carbonyl (C=O) groups is 1. The molecule has 9 nitrogen and oxygen atoms in total. The van der Waals surface area contributed by atoms with Gasteiger partial charge in [-0.15, -0.1) is 0 Å². The number of rotatable bonds is 8. The Morgan fingerprint density at radius 3 is 2.68 bits per heavy atom. The topological polar surface area (TPSA) is 107 Å². The molecule has 0 saturated heterocycles. The Balaban J connectivity index is 1.79. The maximum Gasteiger partial charge on any atom is 0.222 e. The molecule has 9 heteroatoms. The van der Waals surface area contributed by atoms with E-state index < -0.39 is 0 Å². The largest absolute Gasteiger partial charge is 0.490 e. The number of aryl methyl sites for hydroxylation is 1. The summed E-state index contributed by atoms with van der Waals surface area (Å²) in [6.07, 6.45) is 3.60. The molecule has 0 radical (unpaired) electrons. The average Bonchev–Trinajstić information content (AvgIpc) is 2.59. The summed E-state index contributed by atoms with van der Waals surface area (Å²) in [4.78, 5) is 24.3. The number of amides is 1. The maximum atomic E-state index is 11.3. The van der Waals surface area contributed by atoms with Crippen LogP contribution < -0.4 is 20.1 Å². The van der Waals surface area contributed by atoms with Crippen LogP contribution >= 0.6 is 0 Å². The van der Waals surface area contributed by atoms with Crippen LogP contribution in [0.1, 0.15) is 32.5 Å². The zero-order valence-corrected chi connectivity index (χ0v) is 16.5. The lowest BCUT2D eigenvalue weighted by atomic mass is 9.92. The number of hydrogen-bond donors (Lipinski definition) is 2. The standard InChI is InChI=1S/C19H25N5O4/c1-5-27-16-10-20-17(23-12(3)25)8-15(16)24-18-9-19(22-11(2)21-18)28-14-6-13(7-14)26-4/h8-10,13-14H,5-7H2,1-4H3,(H2,20,21,22,23,24,25). The van der Waals surface area contributed by atoms with Gasteiger partial charge in [-0.1, -0.05) is 0 Å². The van der Waals surface area contributed by atoms with Crippen LogP contribution in [0.3, 0.4) is 0 Å². The summed E-state index contributed by atoms with van der Waals surface area (Å²) in [6.45, 7) is 5.60. The lowest BCUT2D eigenvalue weighted by Crippen LogP contribution is -2.39. The fraction of sp³-hybridized carbons (Fsp3) is 0.474. The van der Waals surface area contributed by atoms with Crippen molar-refractivity contribution in [2.75, 3.05) is 24.4 Å². The minimum atomic E-state index is -0.203. The Bertz CT molecular complexity index is 839. The maximum absolute atomic E-state index is 11.3. The minimum absolute atomic E-state index is 0.0957. The Kier molecular flexibility index (Phi) is 6.25. The van der Waals surface area contributed by atoms with Crippen molar-refractivity contribution in [2.24, 2.45) is 0 Å². The lowest BCUT2D eigenvalue weighted by molar-refractivity contribution is -0.114. The molecular weight excluding hydrogens is 362 g/mol. The van der Waals surface area contributed by atoms with Crippen molar-refractivity contribution in [3.05, 3.63) is 24.2 Å². The third-order valence-electron chi connectivity index (χ3n) is 4.22. The van der Waals surface area contributed by atoms with Crippen LogP contribution in [-0.2, 0) is 9.53 Å². The molecule has 1 fully saturated rings. The SMILES string of the molecule is CCOc1cnc(NC(C)=O)cc1Nc1cc(OC2CC(OC)C2)nc(C)n1. The number of nitrogens with one attached hydrogen (secondary N) is 2. The van der Waals surface area contributed by atoms with Crippen molar-refractivity contribution in [3.8, 4) is 11.6 Å². The predicted octanol–water partition coefficient (Wildman–Crippen LogP) is 2.84. The third kappa shape index (κ3) is 5.07. The quantitative estimate of drug-likeness (QED) is 0.712. The molecule has 0 spiro atoms. The van der Waals surface area contributed by atoms with Gasteiger partial charge in [-0.3, -0.25) is 4.79 Å². The van der Waals surface area contributed by atoms with Crippen LogP contribution in [0.5, 0.6) is 11.6 Å². The average molecular weight is 387 g/mol. The minimum Gasteiger partial charge on any atom is -0.490 e. The molecule has 1 aliphatic rings. The van der Waals surface area contributed by atoms with Crippen LogP contribution in [0.2, 0.25) is 0 Å². The van der Waals surface area contributed by atoms with Crippen LogP contribution in [0.4, 0.5) is 17.3 Å². The van der Waals surface area contributed by atoms with Crippen molar-refractivity contribution in [3.63, 3.8) is 0 Å². The van der Waals surface area contributed by atoms with Crippen LogP contribution in [0.25, 0.3) is 0 Å². The van der Waals surface area contributed by atoms with Crippen molar-refractivity contribution in [1.82, 2.24) is 15.0 Å². The van der Waals surface area contributed by atoms with Gasteiger partial charge in [0.05, 0.1) is 24.6 Å². The molecule has 0 aliphatic heterocycles. The van der Waals surface area contributed by atoms with E-state index in [9.17, 15) is 4.79 Å². The van der Waals surface area contributed by atoms with Crippen molar-refractivity contribution in [2.45, 2.75) is 45.8 Å². The number of hydrogen-bond acceptors (Lipinski definition) is 8. The summed E-state index contributed by atoms with van der Waals surface area (Å²) < 4.78 is 16.8. The second-order valence-electron chi connectivity index (χ2n) is 6.51. The zero-order valence-electron chi connectivity index (χ0n) is 16.5. The van der Waals surface area contributed by atoms with Gasteiger partial charge >= 0.3 is 0 Å². The summed E-state index contributed by atoms with van der Waals surface area (Å²) in [5.41, 5.74) is 0.632. The third-order valence-corrected chi connectivity index (χ3v) is 4.22. The molecule has 0 unspecified atom stereocenters. The van der Waals surface area contributed by atoms with Crippen molar-refractivity contribution < 1.29 is 19.0 Å². The fourth-order valence-electron chi connectivity index (χ4n) is 2.84. The number of nitrogens with zero attached hydrogens (tertiary/aromatic N) is 3. The lowest BCUT2D eigenvalue weighted by Gasteiger charge is -2.33. The highest BCUT2D eigenvalue weighted by Gasteiger charge is 2.31. The van der Waals surface area contributed by atoms with E-state index in [-0.39, 0.29) is 18.1 Å². The summed E-state index contributed by atoms with van der Waals surface area (Å²) >= 11 is 0. The highest BCUT2D eigenvalue weighted by atomic mass is 16.5. The molecule has 1 amide bonds.